The smallest absolute Gasteiger partial charge is 0.151 e. The van der Waals surface area contributed by atoms with E-state index in [4.69, 9.17) is 0 Å². The van der Waals surface area contributed by atoms with Gasteiger partial charge in [-0.3, -0.25) is 0 Å². The zero-order chi connectivity index (χ0) is 7.33. The fraction of sp³-hybridized carbons (Fsp3) is 1.00. The number of halogens is 2. The van der Waals surface area contributed by atoms with E-state index in [1.165, 1.54) is 0 Å². The highest BCUT2D eigenvalue weighted by atomic mass is 127. The Morgan fingerprint density at radius 2 is 1.33 bits per heavy atom. The summed E-state index contributed by atoms with van der Waals surface area (Å²) in [5.41, 5.74) is 0. The van der Waals surface area contributed by atoms with Crippen molar-refractivity contribution in [3.63, 3.8) is 0 Å². The molecular formula is C4H8I2O2S. The van der Waals surface area contributed by atoms with E-state index < -0.39 is 9.84 Å². The predicted octanol–water partition coefficient (Wildman–Crippen LogP) is 1.27. The molecule has 0 spiro atoms. The van der Waals surface area contributed by atoms with Crippen molar-refractivity contribution in [2.75, 3.05) is 20.4 Å². The van der Waals surface area contributed by atoms with Crippen LogP contribution in [0.3, 0.4) is 0 Å². The summed E-state index contributed by atoms with van der Waals surface area (Å²) in [7, 11) is -2.70. The standard InChI is InChI=1S/C4H8I2O2S/c5-1-3-9(7,8)4-2-6/h1-4H2. The minimum Gasteiger partial charge on any atom is -0.229 e. The van der Waals surface area contributed by atoms with Gasteiger partial charge in [-0.05, 0) is 0 Å². The zero-order valence-corrected chi connectivity index (χ0v) is 9.94. The van der Waals surface area contributed by atoms with Gasteiger partial charge in [0, 0.05) is 8.86 Å². The Morgan fingerprint density at radius 3 is 1.56 bits per heavy atom. The maximum absolute atomic E-state index is 10.8. The molecule has 5 heteroatoms. The molecule has 56 valence electrons. The van der Waals surface area contributed by atoms with Crippen molar-refractivity contribution in [2.45, 2.75) is 0 Å². The molecule has 9 heavy (non-hydrogen) atoms. The van der Waals surface area contributed by atoms with Crippen LogP contribution in [0.4, 0.5) is 0 Å². The fourth-order valence-corrected chi connectivity index (χ4v) is 5.04. The van der Waals surface area contributed by atoms with Crippen molar-refractivity contribution in [1.82, 2.24) is 0 Å². The first-order chi connectivity index (χ1) is 4.12. The lowest BCUT2D eigenvalue weighted by molar-refractivity contribution is 0.599. The first-order valence-electron chi connectivity index (χ1n) is 2.45. The van der Waals surface area contributed by atoms with Crippen LogP contribution in [0.25, 0.3) is 0 Å². The molecule has 0 rings (SSSR count). The van der Waals surface area contributed by atoms with Crippen molar-refractivity contribution in [2.24, 2.45) is 0 Å². The second kappa shape index (κ2) is 5.11. The third-order valence-electron chi connectivity index (χ3n) is 0.776. The third kappa shape index (κ3) is 5.84. The molecule has 0 bridgehead atoms. The summed E-state index contributed by atoms with van der Waals surface area (Å²) in [5.74, 6) is 0.660. The number of hydrogen-bond donors (Lipinski definition) is 0. The van der Waals surface area contributed by atoms with Gasteiger partial charge in [-0.1, -0.05) is 45.2 Å². The molecule has 0 aliphatic carbocycles. The summed E-state index contributed by atoms with van der Waals surface area (Å²) in [6, 6.07) is 0. The van der Waals surface area contributed by atoms with E-state index in [2.05, 4.69) is 45.2 Å². The van der Waals surface area contributed by atoms with Crippen LogP contribution in [-0.4, -0.2) is 28.8 Å². The van der Waals surface area contributed by atoms with Crippen molar-refractivity contribution in [1.29, 1.82) is 0 Å². The molecular weight excluding hydrogens is 366 g/mol. The van der Waals surface area contributed by atoms with E-state index >= 15 is 0 Å². The molecule has 0 aliphatic heterocycles. The largest absolute Gasteiger partial charge is 0.229 e. The molecule has 2 nitrogen and oxygen atoms in total. The van der Waals surface area contributed by atoms with Crippen LogP contribution in [0.5, 0.6) is 0 Å². The number of sulfone groups is 1. The normalized spacial score (nSPS) is 11.8. The van der Waals surface area contributed by atoms with Gasteiger partial charge in [0.1, 0.15) is 0 Å². The molecule has 0 N–H and O–H groups in total. The van der Waals surface area contributed by atoms with Gasteiger partial charge in [-0.25, -0.2) is 8.42 Å². The lowest BCUT2D eigenvalue weighted by atomic mass is 11.0. The minimum atomic E-state index is -2.70. The van der Waals surface area contributed by atoms with Crippen molar-refractivity contribution in [3.05, 3.63) is 0 Å². The Labute approximate surface area is 83.0 Å². The highest BCUT2D eigenvalue weighted by molar-refractivity contribution is 14.1. The zero-order valence-electron chi connectivity index (χ0n) is 4.81. The molecule has 0 aliphatic rings. The Bertz CT molecular complexity index is 140. The molecule has 0 unspecified atom stereocenters. The van der Waals surface area contributed by atoms with Gasteiger partial charge >= 0.3 is 0 Å². The van der Waals surface area contributed by atoms with Crippen molar-refractivity contribution >= 4 is 55.0 Å². The molecule has 0 radical (unpaired) electrons. The summed E-state index contributed by atoms with van der Waals surface area (Å²) in [6.07, 6.45) is 0. The first kappa shape index (κ1) is 10.4. The van der Waals surface area contributed by atoms with Crippen LogP contribution in [0, 0.1) is 0 Å². The first-order valence-corrected chi connectivity index (χ1v) is 7.32. The SMILES string of the molecule is O=S(=O)(CCI)CCI. The average molecular weight is 374 g/mol. The van der Waals surface area contributed by atoms with Crippen LogP contribution in [0.2, 0.25) is 0 Å². The second-order valence-electron chi connectivity index (χ2n) is 1.53. The maximum atomic E-state index is 10.8. The summed E-state index contributed by atoms with van der Waals surface area (Å²) in [6.45, 7) is 0. The molecule has 0 saturated heterocycles. The van der Waals surface area contributed by atoms with E-state index in [1.807, 2.05) is 0 Å². The second-order valence-corrected chi connectivity index (χ2v) is 5.99. The monoisotopic (exact) mass is 374 g/mol. The Kier molecular flexibility index (Phi) is 5.91. The number of rotatable bonds is 4. The van der Waals surface area contributed by atoms with E-state index in [-0.39, 0.29) is 0 Å². The lowest BCUT2D eigenvalue weighted by Gasteiger charge is -1.95. The van der Waals surface area contributed by atoms with Gasteiger partial charge in [-0.2, -0.15) is 0 Å². The number of hydrogen-bond acceptors (Lipinski definition) is 2. The average Bonchev–Trinajstić information content (AvgIpc) is 1.64. The third-order valence-corrected chi connectivity index (χ3v) is 4.97. The van der Waals surface area contributed by atoms with Gasteiger partial charge in [0.15, 0.2) is 9.84 Å². The highest BCUT2D eigenvalue weighted by Crippen LogP contribution is 1.95. The van der Waals surface area contributed by atoms with Crippen LogP contribution in [0.15, 0.2) is 0 Å². The van der Waals surface area contributed by atoms with Gasteiger partial charge in [-0.15, -0.1) is 0 Å². The Morgan fingerprint density at radius 1 is 1.00 bits per heavy atom. The molecule has 0 atom stereocenters. The number of alkyl halides is 2. The lowest BCUT2D eigenvalue weighted by Crippen LogP contribution is -2.12. The van der Waals surface area contributed by atoms with Crippen LogP contribution in [-0.2, 0) is 9.84 Å². The fourth-order valence-electron chi connectivity index (χ4n) is 0.337. The summed E-state index contributed by atoms with van der Waals surface area (Å²) in [5, 5.41) is 0. The minimum absolute atomic E-state index is 0.330. The van der Waals surface area contributed by atoms with E-state index in [1.54, 1.807) is 0 Å². The van der Waals surface area contributed by atoms with Crippen LogP contribution >= 0.6 is 45.2 Å². The van der Waals surface area contributed by atoms with Crippen LogP contribution < -0.4 is 0 Å². The van der Waals surface area contributed by atoms with Gasteiger partial charge in [0.05, 0.1) is 11.5 Å². The molecule has 0 fully saturated rings. The molecule has 0 heterocycles. The van der Waals surface area contributed by atoms with Gasteiger partial charge in [0.25, 0.3) is 0 Å². The predicted molar refractivity (Wildman–Crippen MR) is 56.4 cm³/mol. The summed E-state index contributed by atoms with van der Waals surface area (Å²) < 4.78 is 23.1. The van der Waals surface area contributed by atoms with E-state index in [0.29, 0.717) is 20.4 Å². The highest BCUT2D eigenvalue weighted by Gasteiger charge is 2.06. The topological polar surface area (TPSA) is 34.1 Å². The Balaban J connectivity index is 3.73. The Hall–Kier alpha value is 1.41. The molecule has 0 amide bonds. The summed E-state index contributed by atoms with van der Waals surface area (Å²) in [4.78, 5) is 0. The van der Waals surface area contributed by atoms with E-state index in [0.717, 1.165) is 0 Å². The quantitative estimate of drug-likeness (QED) is 0.549. The molecule has 0 aromatic heterocycles. The van der Waals surface area contributed by atoms with Crippen molar-refractivity contribution < 1.29 is 8.42 Å². The van der Waals surface area contributed by atoms with Crippen molar-refractivity contribution in [3.8, 4) is 0 Å². The maximum Gasteiger partial charge on any atom is 0.151 e. The van der Waals surface area contributed by atoms with Gasteiger partial charge < -0.3 is 0 Å². The summed E-state index contributed by atoms with van der Waals surface area (Å²) >= 11 is 4.14. The molecule has 0 aromatic carbocycles. The molecule has 0 aromatic rings. The molecule has 0 saturated carbocycles. The van der Waals surface area contributed by atoms with E-state index in [9.17, 15) is 8.42 Å². The van der Waals surface area contributed by atoms with Gasteiger partial charge in [0.2, 0.25) is 0 Å². The van der Waals surface area contributed by atoms with Crippen LogP contribution in [0.1, 0.15) is 0 Å².